The SMILES string of the molecule is CC(N)Cc1cccc(Cl)c1OCc1cccc(Br)c1. The van der Waals surface area contributed by atoms with E-state index in [0.717, 1.165) is 27.8 Å². The van der Waals surface area contributed by atoms with Crippen LogP contribution >= 0.6 is 27.5 Å². The zero-order chi connectivity index (χ0) is 14.5. The molecule has 2 nitrogen and oxygen atoms in total. The number of ether oxygens (including phenoxy) is 1. The number of benzene rings is 2. The lowest BCUT2D eigenvalue weighted by Crippen LogP contribution is -2.18. The van der Waals surface area contributed by atoms with Crippen molar-refractivity contribution in [2.75, 3.05) is 0 Å². The fourth-order valence-electron chi connectivity index (χ4n) is 2.01. The Morgan fingerprint density at radius 2 is 2.00 bits per heavy atom. The molecule has 0 aliphatic carbocycles. The summed E-state index contributed by atoms with van der Waals surface area (Å²) in [6, 6.07) is 13.9. The van der Waals surface area contributed by atoms with Gasteiger partial charge in [0.2, 0.25) is 0 Å². The molecule has 2 rings (SSSR count). The summed E-state index contributed by atoms with van der Waals surface area (Å²) in [6.07, 6.45) is 0.744. The van der Waals surface area contributed by atoms with E-state index in [2.05, 4.69) is 15.9 Å². The standard InChI is InChI=1S/C16H17BrClNO/c1-11(19)8-13-5-3-7-15(18)16(13)20-10-12-4-2-6-14(17)9-12/h2-7,9,11H,8,10,19H2,1H3. The molecular formula is C16H17BrClNO. The molecule has 0 aliphatic rings. The number of para-hydroxylation sites is 1. The van der Waals surface area contributed by atoms with Crippen LogP contribution in [0.25, 0.3) is 0 Å². The van der Waals surface area contributed by atoms with Gasteiger partial charge in [-0.1, -0.05) is 51.8 Å². The van der Waals surface area contributed by atoms with E-state index in [0.29, 0.717) is 11.6 Å². The third-order valence-corrected chi connectivity index (χ3v) is 3.65. The molecule has 0 bridgehead atoms. The largest absolute Gasteiger partial charge is 0.487 e. The Kier molecular flexibility index (Phi) is 5.46. The Balaban J connectivity index is 2.16. The Labute approximate surface area is 133 Å². The minimum absolute atomic E-state index is 0.0710. The first-order valence-electron chi connectivity index (χ1n) is 6.46. The van der Waals surface area contributed by atoms with Gasteiger partial charge in [-0.15, -0.1) is 0 Å². The van der Waals surface area contributed by atoms with Crippen LogP contribution in [0.5, 0.6) is 5.75 Å². The van der Waals surface area contributed by atoms with Gasteiger partial charge in [-0.2, -0.15) is 0 Å². The van der Waals surface area contributed by atoms with Crippen LogP contribution in [-0.4, -0.2) is 6.04 Å². The highest BCUT2D eigenvalue weighted by atomic mass is 79.9. The molecule has 1 atom stereocenters. The fraction of sp³-hybridized carbons (Fsp3) is 0.250. The molecular weight excluding hydrogens is 338 g/mol. The molecule has 20 heavy (non-hydrogen) atoms. The van der Waals surface area contributed by atoms with E-state index in [1.54, 1.807) is 0 Å². The molecule has 106 valence electrons. The quantitative estimate of drug-likeness (QED) is 0.853. The minimum atomic E-state index is 0.0710. The molecule has 2 aromatic carbocycles. The van der Waals surface area contributed by atoms with Gasteiger partial charge in [-0.05, 0) is 42.7 Å². The van der Waals surface area contributed by atoms with Crippen molar-refractivity contribution in [3.63, 3.8) is 0 Å². The van der Waals surface area contributed by atoms with Crippen LogP contribution in [0.15, 0.2) is 46.9 Å². The first-order valence-corrected chi connectivity index (χ1v) is 7.63. The lowest BCUT2D eigenvalue weighted by Gasteiger charge is -2.14. The van der Waals surface area contributed by atoms with Crippen LogP contribution < -0.4 is 10.5 Å². The first kappa shape index (κ1) is 15.4. The van der Waals surface area contributed by atoms with Gasteiger partial charge in [0.05, 0.1) is 5.02 Å². The number of rotatable bonds is 5. The van der Waals surface area contributed by atoms with Gasteiger partial charge in [0.25, 0.3) is 0 Å². The number of hydrogen-bond donors (Lipinski definition) is 1. The van der Waals surface area contributed by atoms with Crippen molar-refractivity contribution >= 4 is 27.5 Å². The summed E-state index contributed by atoms with van der Waals surface area (Å²) >= 11 is 9.69. The maximum absolute atomic E-state index is 6.24. The van der Waals surface area contributed by atoms with Crippen molar-refractivity contribution < 1.29 is 4.74 Å². The van der Waals surface area contributed by atoms with E-state index in [1.165, 1.54) is 0 Å². The van der Waals surface area contributed by atoms with Crippen molar-refractivity contribution in [3.05, 3.63) is 63.1 Å². The third kappa shape index (κ3) is 4.23. The average Bonchev–Trinajstić information content (AvgIpc) is 2.37. The molecule has 0 fully saturated rings. The highest BCUT2D eigenvalue weighted by molar-refractivity contribution is 9.10. The molecule has 0 aromatic heterocycles. The number of halogens is 2. The molecule has 0 radical (unpaired) electrons. The monoisotopic (exact) mass is 353 g/mol. The zero-order valence-corrected chi connectivity index (χ0v) is 13.6. The Hall–Kier alpha value is -1.03. The van der Waals surface area contributed by atoms with E-state index in [9.17, 15) is 0 Å². The van der Waals surface area contributed by atoms with Crippen molar-refractivity contribution in [1.82, 2.24) is 0 Å². The highest BCUT2D eigenvalue weighted by Gasteiger charge is 2.10. The molecule has 0 heterocycles. The summed E-state index contributed by atoms with van der Waals surface area (Å²) in [5, 5.41) is 0.623. The van der Waals surface area contributed by atoms with Crippen LogP contribution in [0.3, 0.4) is 0 Å². The van der Waals surface area contributed by atoms with Crippen molar-refractivity contribution in [2.24, 2.45) is 5.73 Å². The predicted molar refractivity (Wildman–Crippen MR) is 87.3 cm³/mol. The fourth-order valence-corrected chi connectivity index (χ4v) is 2.70. The summed E-state index contributed by atoms with van der Waals surface area (Å²) < 4.78 is 6.94. The Morgan fingerprint density at radius 1 is 1.25 bits per heavy atom. The van der Waals surface area contributed by atoms with Gasteiger partial charge in [0.15, 0.2) is 0 Å². The predicted octanol–water partition coefficient (Wildman–Crippen LogP) is 4.57. The Morgan fingerprint density at radius 3 is 2.70 bits per heavy atom. The number of nitrogens with two attached hydrogens (primary N) is 1. The number of hydrogen-bond acceptors (Lipinski definition) is 2. The smallest absolute Gasteiger partial charge is 0.141 e. The summed E-state index contributed by atoms with van der Waals surface area (Å²) in [7, 11) is 0. The first-order chi connectivity index (χ1) is 9.56. The van der Waals surface area contributed by atoms with E-state index >= 15 is 0 Å². The average molecular weight is 355 g/mol. The topological polar surface area (TPSA) is 35.2 Å². The van der Waals surface area contributed by atoms with Crippen LogP contribution in [0.4, 0.5) is 0 Å². The molecule has 2 aromatic rings. The summed E-state index contributed by atoms with van der Waals surface area (Å²) in [5.74, 6) is 0.728. The summed E-state index contributed by atoms with van der Waals surface area (Å²) in [4.78, 5) is 0. The van der Waals surface area contributed by atoms with E-state index in [4.69, 9.17) is 22.1 Å². The molecule has 0 amide bonds. The van der Waals surface area contributed by atoms with Gasteiger partial charge in [0, 0.05) is 10.5 Å². The van der Waals surface area contributed by atoms with Crippen molar-refractivity contribution in [2.45, 2.75) is 26.0 Å². The van der Waals surface area contributed by atoms with Crippen LogP contribution in [-0.2, 0) is 13.0 Å². The molecule has 1 unspecified atom stereocenters. The summed E-state index contributed by atoms with van der Waals surface area (Å²) in [5.41, 5.74) is 8.00. The molecule has 0 spiro atoms. The molecule has 0 saturated heterocycles. The van der Waals surface area contributed by atoms with Crippen LogP contribution in [0, 0.1) is 0 Å². The molecule has 0 aliphatic heterocycles. The van der Waals surface area contributed by atoms with Gasteiger partial charge < -0.3 is 10.5 Å². The van der Waals surface area contributed by atoms with Crippen molar-refractivity contribution in [3.8, 4) is 5.75 Å². The normalized spacial score (nSPS) is 12.2. The molecule has 0 saturated carbocycles. The van der Waals surface area contributed by atoms with E-state index < -0.39 is 0 Å². The second-order valence-electron chi connectivity index (χ2n) is 4.83. The minimum Gasteiger partial charge on any atom is -0.487 e. The second kappa shape index (κ2) is 7.11. The van der Waals surface area contributed by atoms with Crippen LogP contribution in [0.2, 0.25) is 5.02 Å². The van der Waals surface area contributed by atoms with E-state index in [-0.39, 0.29) is 6.04 Å². The van der Waals surface area contributed by atoms with Gasteiger partial charge >= 0.3 is 0 Å². The lowest BCUT2D eigenvalue weighted by atomic mass is 10.1. The zero-order valence-electron chi connectivity index (χ0n) is 11.3. The van der Waals surface area contributed by atoms with E-state index in [1.807, 2.05) is 49.4 Å². The maximum atomic E-state index is 6.24. The van der Waals surface area contributed by atoms with Crippen molar-refractivity contribution in [1.29, 1.82) is 0 Å². The maximum Gasteiger partial charge on any atom is 0.141 e. The van der Waals surface area contributed by atoms with Crippen LogP contribution in [0.1, 0.15) is 18.1 Å². The molecule has 4 heteroatoms. The van der Waals surface area contributed by atoms with Gasteiger partial charge in [0.1, 0.15) is 12.4 Å². The summed E-state index contributed by atoms with van der Waals surface area (Å²) in [6.45, 7) is 2.45. The van der Waals surface area contributed by atoms with Gasteiger partial charge in [-0.25, -0.2) is 0 Å². The van der Waals surface area contributed by atoms with Gasteiger partial charge in [-0.3, -0.25) is 0 Å². The lowest BCUT2D eigenvalue weighted by molar-refractivity contribution is 0.302. The molecule has 2 N–H and O–H groups in total. The third-order valence-electron chi connectivity index (χ3n) is 2.86. The highest BCUT2D eigenvalue weighted by Crippen LogP contribution is 2.30. The second-order valence-corrected chi connectivity index (χ2v) is 6.15. The Bertz CT molecular complexity index is 586.